The number of ether oxygens (including phenoxy) is 1. The summed E-state index contributed by atoms with van der Waals surface area (Å²) in [5.41, 5.74) is 1.46. The van der Waals surface area contributed by atoms with Crippen LogP contribution < -0.4 is 14.7 Å². The van der Waals surface area contributed by atoms with E-state index in [0.29, 0.717) is 18.5 Å². The normalized spacial score (nSPS) is 14.5. The molecule has 0 saturated carbocycles. The molecular formula is C22H30N5O3-. The third-order valence-electron chi connectivity index (χ3n) is 5.29. The van der Waals surface area contributed by atoms with Crippen LogP contribution in [0.15, 0.2) is 42.6 Å². The lowest BCUT2D eigenvalue weighted by molar-refractivity contribution is 0.0828. The average molecular weight is 413 g/mol. The molecule has 1 aliphatic heterocycles. The van der Waals surface area contributed by atoms with E-state index >= 15 is 0 Å². The molecule has 0 radical (unpaired) electrons. The molecule has 0 N–H and O–H groups in total. The summed E-state index contributed by atoms with van der Waals surface area (Å²) in [5, 5.41) is 13.4. The lowest BCUT2D eigenvalue weighted by Gasteiger charge is -2.37. The van der Waals surface area contributed by atoms with E-state index in [0.717, 1.165) is 49.2 Å². The summed E-state index contributed by atoms with van der Waals surface area (Å²) in [5.74, 6) is 0.870. The number of para-hydroxylation sites is 2. The van der Waals surface area contributed by atoms with E-state index < -0.39 is 0 Å². The minimum Gasteiger partial charge on any atom is -0.757 e. The fourth-order valence-corrected chi connectivity index (χ4v) is 3.65. The minimum atomic E-state index is -0.216. The molecule has 0 atom stereocenters. The number of anilines is 2. The summed E-state index contributed by atoms with van der Waals surface area (Å²) >= 11 is 0. The second-order valence-electron chi connectivity index (χ2n) is 7.53. The molecule has 162 valence electrons. The van der Waals surface area contributed by atoms with Gasteiger partial charge < -0.3 is 24.8 Å². The van der Waals surface area contributed by atoms with Gasteiger partial charge in [-0.25, -0.2) is 4.98 Å². The van der Waals surface area contributed by atoms with Crippen molar-refractivity contribution in [1.29, 1.82) is 0 Å². The quantitative estimate of drug-likeness (QED) is 0.616. The number of methoxy groups -OCH3 is 1. The highest BCUT2D eigenvalue weighted by Crippen LogP contribution is 2.28. The topological polar surface area (TPSA) is 75.2 Å². The van der Waals surface area contributed by atoms with Gasteiger partial charge in [0.05, 0.1) is 18.4 Å². The summed E-state index contributed by atoms with van der Waals surface area (Å²) < 4.78 is 5.47. The molecule has 1 fully saturated rings. The number of amides is 1. The van der Waals surface area contributed by atoms with Gasteiger partial charge in [0.25, 0.3) is 5.91 Å². The van der Waals surface area contributed by atoms with Gasteiger partial charge in [0.15, 0.2) is 0 Å². The molecule has 1 amide bonds. The molecule has 1 aromatic heterocycles. The summed E-state index contributed by atoms with van der Waals surface area (Å²) in [6.07, 6.45) is 2.26. The molecule has 1 saturated heterocycles. The van der Waals surface area contributed by atoms with Gasteiger partial charge in [0, 0.05) is 53.0 Å². The average Bonchev–Trinajstić information content (AvgIpc) is 2.78. The van der Waals surface area contributed by atoms with E-state index in [1.165, 1.54) is 4.90 Å². The van der Waals surface area contributed by atoms with Crippen molar-refractivity contribution in [2.24, 2.45) is 0 Å². The van der Waals surface area contributed by atoms with Gasteiger partial charge in [-0.15, -0.1) is 0 Å². The Balaban J connectivity index is 1.48. The molecule has 8 heteroatoms. The molecule has 30 heavy (non-hydrogen) atoms. The molecule has 2 aromatic rings. The SMILES string of the molecule is COc1ccccc1N1CCN(CCCN([O-])c2ncccc2C(=O)N(C)C)CC1. The third-order valence-corrected chi connectivity index (χ3v) is 5.29. The van der Waals surface area contributed by atoms with Crippen molar-refractivity contribution in [2.45, 2.75) is 6.42 Å². The fourth-order valence-electron chi connectivity index (χ4n) is 3.65. The molecule has 1 aliphatic rings. The number of aromatic nitrogens is 1. The van der Waals surface area contributed by atoms with Crippen LogP contribution in [0, 0.1) is 5.21 Å². The van der Waals surface area contributed by atoms with Gasteiger partial charge >= 0.3 is 0 Å². The zero-order valence-corrected chi connectivity index (χ0v) is 18.0. The number of pyridine rings is 1. The number of hydrogen-bond acceptors (Lipinski definition) is 7. The number of benzene rings is 1. The standard InChI is InChI=1S/C22H30N5O3/c1-24(2)22(28)18-8-6-11-23-21(18)27(29)13-7-12-25-14-16-26(17-15-25)19-9-4-5-10-20(19)30-3/h4-6,8-11H,7,12-17H2,1-3H3/q-1. The zero-order valence-electron chi connectivity index (χ0n) is 18.0. The van der Waals surface area contributed by atoms with E-state index in [-0.39, 0.29) is 11.7 Å². The van der Waals surface area contributed by atoms with Crippen LogP contribution in [-0.4, -0.2) is 81.2 Å². The Hall–Kier alpha value is -2.84. The smallest absolute Gasteiger partial charge is 0.257 e. The van der Waals surface area contributed by atoms with Crippen LogP contribution in [0.25, 0.3) is 0 Å². The van der Waals surface area contributed by atoms with Gasteiger partial charge in [0.2, 0.25) is 0 Å². The van der Waals surface area contributed by atoms with Gasteiger partial charge in [0.1, 0.15) is 11.6 Å². The second-order valence-corrected chi connectivity index (χ2v) is 7.53. The van der Waals surface area contributed by atoms with Crippen molar-refractivity contribution in [1.82, 2.24) is 14.8 Å². The largest absolute Gasteiger partial charge is 0.757 e. The summed E-state index contributed by atoms with van der Waals surface area (Å²) in [4.78, 5) is 22.6. The van der Waals surface area contributed by atoms with Crippen LogP contribution in [0.2, 0.25) is 0 Å². The maximum atomic E-state index is 12.6. The number of carbonyl (C=O) groups is 1. The van der Waals surface area contributed by atoms with Gasteiger partial charge in [-0.05, 0) is 37.2 Å². The maximum Gasteiger partial charge on any atom is 0.257 e. The number of hydrogen-bond donors (Lipinski definition) is 0. The lowest BCUT2D eigenvalue weighted by atomic mass is 10.2. The van der Waals surface area contributed by atoms with E-state index in [9.17, 15) is 10.0 Å². The first-order chi connectivity index (χ1) is 14.5. The predicted octanol–water partition coefficient (Wildman–Crippen LogP) is 2.31. The van der Waals surface area contributed by atoms with Crippen LogP contribution in [0.5, 0.6) is 5.75 Å². The molecule has 0 aliphatic carbocycles. The molecule has 0 bridgehead atoms. The highest BCUT2D eigenvalue weighted by molar-refractivity contribution is 5.98. The number of carbonyl (C=O) groups excluding carboxylic acids is 1. The number of hydroxylamine groups is 1. The van der Waals surface area contributed by atoms with Crippen molar-refractivity contribution in [2.75, 3.05) is 70.4 Å². The van der Waals surface area contributed by atoms with E-state index in [2.05, 4.69) is 20.9 Å². The van der Waals surface area contributed by atoms with Crippen LogP contribution >= 0.6 is 0 Å². The van der Waals surface area contributed by atoms with Crippen molar-refractivity contribution in [3.05, 3.63) is 53.4 Å². The summed E-state index contributed by atoms with van der Waals surface area (Å²) in [7, 11) is 5.03. The fraction of sp³-hybridized carbons (Fsp3) is 0.455. The Morgan fingerprint density at radius 1 is 1.13 bits per heavy atom. The first kappa shape index (κ1) is 21.9. The Bertz CT molecular complexity index is 837. The Labute approximate surface area is 178 Å². The number of nitrogens with zero attached hydrogens (tertiary/aromatic N) is 5. The molecule has 2 heterocycles. The second kappa shape index (κ2) is 10.3. The van der Waals surface area contributed by atoms with Crippen molar-refractivity contribution < 1.29 is 9.53 Å². The summed E-state index contributed by atoms with van der Waals surface area (Å²) in [6.45, 7) is 4.85. The maximum absolute atomic E-state index is 12.6. The molecule has 3 rings (SSSR count). The van der Waals surface area contributed by atoms with Gasteiger partial charge in [-0.1, -0.05) is 12.1 Å². The minimum absolute atomic E-state index is 0.192. The van der Waals surface area contributed by atoms with Crippen molar-refractivity contribution >= 4 is 17.4 Å². The highest BCUT2D eigenvalue weighted by atomic mass is 16.5. The Morgan fingerprint density at radius 2 is 1.87 bits per heavy atom. The van der Waals surface area contributed by atoms with Gasteiger partial charge in [-0.3, -0.25) is 9.69 Å². The van der Waals surface area contributed by atoms with Crippen LogP contribution in [-0.2, 0) is 0 Å². The van der Waals surface area contributed by atoms with Crippen molar-refractivity contribution in [3.8, 4) is 5.75 Å². The first-order valence-electron chi connectivity index (χ1n) is 10.2. The molecule has 1 aromatic carbocycles. The summed E-state index contributed by atoms with van der Waals surface area (Å²) in [6, 6.07) is 11.4. The molecular weight excluding hydrogens is 382 g/mol. The highest BCUT2D eigenvalue weighted by Gasteiger charge is 2.19. The van der Waals surface area contributed by atoms with Crippen molar-refractivity contribution in [3.63, 3.8) is 0 Å². The Morgan fingerprint density at radius 3 is 2.57 bits per heavy atom. The number of piperazine rings is 1. The van der Waals surface area contributed by atoms with E-state index in [4.69, 9.17) is 4.74 Å². The molecule has 0 spiro atoms. The molecule has 0 unspecified atom stereocenters. The monoisotopic (exact) mass is 412 g/mol. The first-order valence-corrected chi connectivity index (χ1v) is 10.2. The van der Waals surface area contributed by atoms with Crippen LogP contribution in [0.4, 0.5) is 11.5 Å². The number of rotatable bonds is 8. The van der Waals surface area contributed by atoms with Crippen LogP contribution in [0.3, 0.4) is 0 Å². The zero-order chi connectivity index (χ0) is 21.5. The third kappa shape index (κ3) is 5.20. The lowest BCUT2D eigenvalue weighted by Crippen LogP contribution is -2.47. The van der Waals surface area contributed by atoms with Gasteiger partial charge in [-0.2, -0.15) is 0 Å². The Kier molecular flexibility index (Phi) is 7.48. The van der Waals surface area contributed by atoms with E-state index in [1.807, 2.05) is 18.2 Å². The van der Waals surface area contributed by atoms with E-state index in [1.54, 1.807) is 39.5 Å². The predicted molar refractivity (Wildman–Crippen MR) is 119 cm³/mol. The van der Waals surface area contributed by atoms with Crippen LogP contribution in [0.1, 0.15) is 16.8 Å². The molecule has 8 nitrogen and oxygen atoms in total.